The highest BCUT2D eigenvalue weighted by atomic mass is 35.5. The minimum Gasteiger partial charge on any atom is -0.393 e. The van der Waals surface area contributed by atoms with Gasteiger partial charge < -0.3 is 5.11 Å². The molecule has 90 valence electrons. The molecule has 0 heterocycles. The highest BCUT2D eigenvalue weighted by Crippen LogP contribution is 2.21. The number of hydrogen-bond donors (Lipinski definition) is 1. The number of aliphatic hydroxyl groups excluding tert-OH is 1. The van der Waals surface area contributed by atoms with Crippen LogP contribution in [0.2, 0.25) is 5.02 Å². The Balaban J connectivity index is 2.62. The molecule has 0 bridgehead atoms. The van der Waals surface area contributed by atoms with Crippen molar-refractivity contribution in [1.82, 2.24) is 0 Å². The Morgan fingerprint density at radius 2 is 2.12 bits per heavy atom. The van der Waals surface area contributed by atoms with E-state index in [0.717, 1.165) is 6.42 Å². The van der Waals surface area contributed by atoms with E-state index >= 15 is 0 Å². The summed E-state index contributed by atoms with van der Waals surface area (Å²) in [6, 6.07) is 4.89. The van der Waals surface area contributed by atoms with Gasteiger partial charge in [-0.25, -0.2) is 4.39 Å². The molecule has 0 saturated carbocycles. The van der Waals surface area contributed by atoms with Gasteiger partial charge >= 0.3 is 0 Å². The summed E-state index contributed by atoms with van der Waals surface area (Å²) in [5, 5.41) is 9.93. The zero-order valence-electron chi connectivity index (χ0n) is 9.71. The zero-order valence-corrected chi connectivity index (χ0v) is 10.5. The molecule has 2 atom stereocenters. The topological polar surface area (TPSA) is 20.2 Å². The van der Waals surface area contributed by atoms with E-state index in [0.29, 0.717) is 24.3 Å². The molecule has 1 aromatic carbocycles. The third-order valence-corrected chi connectivity index (χ3v) is 3.15. The summed E-state index contributed by atoms with van der Waals surface area (Å²) in [5.41, 5.74) is 0.489. The lowest BCUT2D eigenvalue weighted by atomic mass is 9.96. The minimum atomic E-state index is -0.497. The lowest BCUT2D eigenvalue weighted by Gasteiger charge is -2.15. The van der Waals surface area contributed by atoms with E-state index in [4.69, 9.17) is 11.6 Å². The number of rotatable bonds is 5. The zero-order chi connectivity index (χ0) is 12.1. The maximum atomic E-state index is 13.5. The summed E-state index contributed by atoms with van der Waals surface area (Å²) in [5.74, 6) is 0.0459. The van der Waals surface area contributed by atoms with Crippen LogP contribution in [0.3, 0.4) is 0 Å². The number of hydrogen-bond acceptors (Lipinski definition) is 1. The summed E-state index contributed by atoms with van der Waals surface area (Å²) in [4.78, 5) is 0. The lowest BCUT2D eigenvalue weighted by molar-refractivity contribution is 0.143. The van der Waals surface area contributed by atoms with Crippen LogP contribution < -0.4 is 0 Å². The Morgan fingerprint density at radius 1 is 1.44 bits per heavy atom. The molecule has 0 aliphatic heterocycles. The second-order valence-electron chi connectivity index (χ2n) is 4.32. The van der Waals surface area contributed by atoms with Crippen molar-refractivity contribution >= 4 is 11.6 Å². The normalized spacial score (nSPS) is 14.8. The van der Waals surface area contributed by atoms with E-state index < -0.39 is 11.9 Å². The van der Waals surface area contributed by atoms with E-state index in [1.165, 1.54) is 6.07 Å². The van der Waals surface area contributed by atoms with Crippen LogP contribution in [0.15, 0.2) is 18.2 Å². The van der Waals surface area contributed by atoms with Crippen LogP contribution in [-0.4, -0.2) is 11.2 Å². The Bertz CT molecular complexity index is 341. The van der Waals surface area contributed by atoms with E-state index in [9.17, 15) is 9.50 Å². The molecule has 0 amide bonds. The van der Waals surface area contributed by atoms with Gasteiger partial charge in [-0.15, -0.1) is 0 Å². The van der Waals surface area contributed by atoms with Gasteiger partial charge in [0.15, 0.2) is 0 Å². The number of aliphatic hydroxyl groups is 1. The van der Waals surface area contributed by atoms with Crippen LogP contribution in [0.5, 0.6) is 0 Å². The molecule has 0 radical (unpaired) electrons. The smallest absolute Gasteiger partial charge is 0.145 e. The van der Waals surface area contributed by atoms with Crippen LogP contribution in [0, 0.1) is 11.7 Å². The first-order chi connectivity index (χ1) is 7.54. The molecular formula is C13H18ClFO. The van der Waals surface area contributed by atoms with Crippen molar-refractivity contribution in [2.24, 2.45) is 5.92 Å². The van der Waals surface area contributed by atoms with Crippen molar-refractivity contribution in [3.8, 4) is 0 Å². The third-order valence-electron chi connectivity index (χ3n) is 2.86. The second kappa shape index (κ2) is 6.21. The molecular weight excluding hydrogens is 227 g/mol. The summed E-state index contributed by atoms with van der Waals surface area (Å²) in [6.45, 7) is 4.16. The van der Waals surface area contributed by atoms with Crippen LogP contribution >= 0.6 is 11.6 Å². The van der Waals surface area contributed by atoms with Crippen LogP contribution in [0.25, 0.3) is 0 Å². The van der Waals surface area contributed by atoms with Gasteiger partial charge in [0.2, 0.25) is 0 Å². The first-order valence-electron chi connectivity index (χ1n) is 5.65. The van der Waals surface area contributed by atoms with Crippen molar-refractivity contribution in [2.45, 2.75) is 39.2 Å². The van der Waals surface area contributed by atoms with Crippen molar-refractivity contribution in [3.05, 3.63) is 34.6 Å². The van der Waals surface area contributed by atoms with Gasteiger partial charge in [-0.2, -0.15) is 0 Å². The van der Waals surface area contributed by atoms with Crippen molar-refractivity contribution in [2.75, 3.05) is 0 Å². The Kier molecular flexibility index (Phi) is 5.23. The monoisotopic (exact) mass is 244 g/mol. The van der Waals surface area contributed by atoms with Crippen molar-refractivity contribution in [1.29, 1.82) is 0 Å². The summed E-state index contributed by atoms with van der Waals surface area (Å²) in [7, 11) is 0. The molecule has 1 rings (SSSR count). The van der Waals surface area contributed by atoms with E-state index in [1.807, 2.05) is 0 Å². The molecule has 0 fully saturated rings. The van der Waals surface area contributed by atoms with Gasteiger partial charge in [0, 0.05) is 6.42 Å². The quantitative estimate of drug-likeness (QED) is 0.835. The number of halogens is 2. The van der Waals surface area contributed by atoms with Crippen LogP contribution in [0.1, 0.15) is 32.3 Å². The Labute approximate surface area is 101 Å². The largest absolute Gasteiger partial charge is 0.393 e. The Morgan fingerprint density at radius 3 is 2.75 bits per heavy atom. The average Bonchev–Trinajstić information content (AvgIpc) is 2.24. The maximum Gasteiger partial charge on any atom is 0.145 e. The van der Waals surface area contributed by atoms with Gasteiger partial charge in [0.25, 0.3) is 0 Å². The molecule has 0 aliphatic rings. The molecule has 2 unspecified atom stereocenters. The fourth-order valence-corrected chi connectivity index (χ4v) is 1.87. The average molecular weight is 245 g/mol. The van der Waals surface area contributed by atoms with Crippen molar-refractivity contribution in [3.63, 3.8) is 0 Å². The van der Waals surface area contributed by atoms with E-state index in [-0.39, 0.29) is 5.02 Å². The predicted molar refractivity (Wildman–Crippen MR) is 65.2 cm³/mol. The van der Waals surface area contributed by atoms with Gasteiger partial charge in [-0.1, -0.05) is 44.0 Å². The second-order valence-corrected chi connectivity index (χ2v) is 4.73. The summed E-state index contributed by atoms with van der Waals surface area (Å²) >= 11 is 5.67. The third kappa shape index (κ3) is 3.76. The number of benzene rings is 1. The summed E-state index contributed by atoms with van der Waals surface area (Å²) < 4.78 is 13.5. The summed E-state index contributed by atoms with van der Waals surface area (Å²) in [6.07, 6.45) is 1.55. The minimum absolute atomic E-state index is 0.119. The highest BCUT2D eigenvalue weighted by molar-refractivity contribution is 6.30. The van der Waals surface area contributed by atoms with Crippen molar-refractivity contribution < 1.29 is 9.50 Å². The molecule has 3 heteroatoms. The van der Waals surface area contributed by atoms with Gasteiger partial charge in [0.05, 0.1) is 11.1 Å². The van der Waals surface area contributed by atoms with Gasteiger partial charge in [0.1, 0.15) is 5.82 Å². The predicted octanol–water partition coefficient (Wildman–Crippen LogP) is 3.82. The van der Waals surface area contributed by atoms with Crippen LogP contribution in [0.4, 0.5) is 4.39 Å². The highest BCUT2D eigenvalue weighted by Gasteiger charge is 2.13. The standard InChI is InChI=1S/C13H18ClFO/c1-3-9(2)7-11(16)8-10-5-4-6-12(14)13(10)15/h4-6,9,11,16H,3,7-8H2,1-2H3. The van der Waals surface area contributed by atoms with Gasteiger partial charge in [-0.05, 0) is 24.0 Å². The molecule has 1 N–H and O–H groups in total. The lowest BCUT2D eigenvalue weighted by Crippen LogP contribution is -2.15. The van der Waals surface area contributed by atoms with E-state index in [1.54, 1.807) is 12.1 Å². The molecule has 1 aromatic rings. The maximum absolute atomic E-state index is 13.5. The first-order valence-corrected chi connectivity index (χ1v) is 6.03. The molecule has 0 spiro atoms. The molecule has 0 saturated heterocycles. The molecule has 0 aliphatic carbocycles. The molecule has 16 heavy (non-hydrogen) atoms. The molecule has 0 aromatic heterocycles. The van der Waals surface area contributed by atoms with E-state index in [2.05, 4.69) is 13.8 Å². The van der Waals surface area contributed by atoms with Crippen LogP contribution in [-0.2, 0) is 6.42 Å². The Hall–Kier alpha value is -0.600. The first kappa shape index (κ1) is 13.5. The fraction of sp³-hybridized carbons (Fsp3) is 0.538. The SMILES string of the molecule is CCC(C)CC(O)Cc1cccc(Cl)c1F. The molecule has 1 nitrogen and oxygen atoms in total. The fourth-order valence-electron chi connectivity index (χ4n) is 1.67. The van der Waals surface area contributed by atoms with Gasteiger partial charge in [-0.3, -0.25) is 0 Å².